The molecule has 0 aromatic rings. The third kappa shape index (κ3) is 3.23. The molecule has 1 heterocycles. The zero-order valence-electron chi connectivity index (χ0n) is 7.65. The van der Waals surface area contributed by atoms with E-state index in [1.807, 2.05) is 7.11 Å². The van der Waals surface area contributed by atoms with Gasteiger partial charge >= 0.3 is 0 Å². The van der Waals surface area contributed by atoms with E-state index in [1.165, 1.54) is 45.8 Å². The average molecular weight is 190 g/mol. The highest BCUT2D eigenvalue weighted by molar-refractivity contribution is 7.37. The van der Waals surface area contributed by atoms with Crippen molar-refractivity contribution in [1.29, 1.82) is 0 Å². The monoisotopic (exact) mass is 190 g/mol. The van der Waals surface area contributed by atoms with E-state index in [9.17, 15) is 0 Å². The fraction of sp³-hybridized carbons (Fsp3) is 1.00. The third-order valence-corrected chi connectivity index (χ3v) is 7.83. The van der Waals surface area contributed by atoms with Crippen molar-refractivity contribution in [3.05, 3.63) is 0 Å². The van der Waals surface area contributed by atoms with E-state index in [0.717, 1.165) is 0 Å². The van der Waals surface area contributed by atoms with Gasteiger partial charge in [-0.3, -0.25) is 0 Å². The summed E-state index contributed by atoms with van der Waals surface area (Å²) in [7, 11) is 1.96. The molecule has 0 N–H and O–H groups in total. The summed E-state index contributed by atoms with van der Waals surface area (Å²) in [5, 5.41) is 0. The normalized spacial score (nSPS) is 36.5. The molecule has 1 aliphatic rings. The van der Waals surface area contributed by atoms with Gasteiger partial charge in [0.05, 0.1) is 0 Å². The Bertz CT molecular complexity index is 111. The molecule has 1 fully saturated rings. The lowest BCUT2D eigenvalue weighted by Gasteiger charge is -2.27. The van der Waals surface area contributed by atoms with Gasteiger partial charge in [-0.15, -0.1) is 8.58 Å². The summed E-state index contributed by atoms with van der Waals surface area (Å²) in [4.78, 5) is 0. The van der Waals surface area contributed by atoms with Gasteiger partial charge in [-0.1, -0.05) is 0 Å². The van der Waals surface area contributed by atoms with Gasteiger partial charge in [0, 0.05) is 7.11 Å². The molecule has 11 heavy (non-hydrogen) atoms. The van der Waals surface area contributed by atoms with E-state index in [-0.39, 0.29) is 0 Å². The van der Waals surface area contributed by atoms with Gasteiger partial charge in [-0.05, 0) is 43.8 Å². The van der Waals surface area contributed by atoms with E-state index in [0.29, 0.717) is 0 Å². The summed E-state index contributed by atoms with van der Waals surface area (Å²) in [6.45, 7) is 2.39. The fourth-order valence-electron chi connectivity index (χ4n) is 1.63. The summed E-state index contributed by atoms with van der Waals surface area (Å²) in [6, 6.07) is 2.80. The van der Waals surface area contributed by atoms with Crippen molar-refractivity contribution in [2.24, 2.45) is 0 Å². The highest BCUT2D eigenvalue weighted by Gasteiger charge is 2.27. The Morgan fingerprint density at radius 1 is 1.18 bits per heavy atom. The fourth-order valence-corrected chi connectivity index (χ4v) is 5.95. The van der Waals surface area contributed by atoms with Crippen LogP contribution in [-0.4, -0.2) is 27.8 Å². The van der Waals surface area contributed by atoms with Crippen LogP contribution < -0.4 is 0 Å². The molecule has 0 unspecified atom stereocenters. The first kappa shape index (κ1) is 9.69. The van der Waals surface area contributed by atoms with Crippen LogP contribution in [0.2, 0.25) is 18.6 Å². The van der Waals surface area contributed by atoms with Crippen molar-refractivity contribution < 1.29 is 4.43 Å². The number of hydrogen-bond acceptors (Lipinski definition) is 1. The summed E-state index contributed by atoms with van der Waals surface area (Å²) < 4.78 is 5.66. The van der Waals surface area contributed by atoms with E-state index < -0.39 is 8.32 Å². The van der Waals surface area contributed by atoms with Gasteiger partial charge in [0.1, 0.15) is 0 Å². The maximum absolute atomic E-state index is 5.66. The molecule has 1 aliphatic heterocycles. The molecule has 1 rings (SSSR count). The average Bonchev–Trinajstić information content (AvgIpc) is 1.98. The summed E-state index contributed by atoms with van der Waals surface area (Å²) in [5.74, 6) is 0. The molecule has 1 nitrogen and oxygen atoms in total. The topological polar surface area (TPSA) is 9.23 Å². The molecule has 0 bridgehead atoms. The quantitative estimate of drug-likeness (QED) is 0.456. The van der Waals surface area contributed by atoms with Crippen LogP contribution in [0.15, 0.2) is 0 Å². The van der Waals surface area contributed by atoms with Crippen LogP contribution in [0.4, 0.5) is 0 Å². The van der Waals surface area contributed by atoms with Crippen molar-refractivity contribution in [2.75, 3.05) is 19.4 Å². The molecule has 0 radical (unpaired) electrons. The molecule has 66 valence electrons. The summed E-state index contributed by atoms with van der Waals surface area (Å²) >= 11 is 0. The van der Waals surface area contributed by atoms with E-state index in [4.69, 9.17) is 4.43 Å². The molecule has 0 aromatic heterocycles. The molecule has 0 aromatic carbocycles. The van der Waals surface area contributed by atoms with Crippen molar-refractivity contribution in [1.82, 2.24) is 0 Å². The molecule has 0 spiro atoms. The maximum Gasteiger partial charge on any atom is 0.189 e. The van der Waals surface area contributed by atoms with E-state index in [2.05, 4.69) is 6.55 Å². The van der Waals surface area contributed by atoms with Gasteiger partial charge in [-0.2, -0.15) is 0 Å². The minimum Gasteiger partial charge on any atom is -0.420 e. The molecular formula is C8H19OPSi. The molecule has 0 aliphatic carbocycles. The standard InChI is InChI=1S/C8H19OPSi/c1-9-11(2)7-3-5-10-6-4-8-11/h10H,3-8H2,1-2H3. The Morgan fingerprint density at radius 3 is 2.18 bits per heavy atom. The van der Waals surface area contributed by atoms with Gasteiger partial charge in [-0.25, -0.2) is 0 Å². The number of hydrogen-bond donors (Lipinski definition) is 0. The molecule has 0 amide bonds. The van der Waals surface area contributed by atoms with Crippen molar-refractivity contribution in [3.63, 3.8) is 0 Å². The van der Waals surface area contributed by atoms with E-state index >= 15 is 0 Å². The van der Waals surface area contributed by atoms with Gasteiger partial charge in [0.25, 0.3) is 0 Å². The molecule has 3 heteroatoms. The lowest BCUT2D eigenvalue weighted by molar-refractivity contribution is 0.394. The van der Waals surface area contributed by atoms with Crippen LogP contribution in [0.1, 0.15) is 12.8 Å². The zero-order valence-corrected chi connectivity index (χ0v) is 9.65. The Balaban J connectivity index is 2.37. The first-order chi connectivity index (χ1) is 5.27. The SMILES string of the molecule is CO[Si]1(C)CCCPCCC1. The first-order valence-corrected chi connectivity index (χ1v) is 8.76. The van der Waals surface area contributed by atoms with Crippen molar-refractivity contribution in [3.8, 4) is 0 Å². The second-order valence-electron chi connectivity index (χ2n) is 3.61. The van der Waals surface area contributed by atoms with Crippen LogP contribution in [0.5, 0.6) is 0 Å². The van der Waals surface area contributed by atoms with Crippen molar-refractivity contribution in [2.45, 2.75) is 31.5 Å². The Kier molecular flexibility index (Phi) is 4.04. The van der Waals surface area contributed by atoms with Crippen molar-refractivity contribution >= 4 is 16.9 Å². The van der Waals surface area contributed by atoms with Crippen LogP contribution >= 0.6 is 8.58 Å². The summed E-state index contributed by atoms with van der Waals surface area (Å²) in [5.41, 5.74) is 0. The van der Waals surface area contributed by atoms with Gasteiger partial charge < -0.3 is 4.43 Å². The molecular weight excluding hydrogens is 171 g/mol. The zero-order chi connectivity index (χ0) is 8.16. The minimum atomic E-state index is -1.19. The summed E-state index contributed by atoms with van der Waals surface area (Å²) in [6.07, 6.45) is 5.78. The largest absolute Gasteiger partial charge is 0.420 e. The lowest BCUT2D eigenvalue weighted by atomic mass is 10.5. The van der Waals surface area contributed by atoms with Gasteiger partial charge in [0.2, 0.25) is 0 Å². The Hall–Kier alpha value is 0.607. The van der Waals surface area contributed by atoms with Crippen LogP contribution in [-0.2, 0) is 4.43 Å². The van der Waals surface area contributed by atoms with Crippen LogP contribution in [0, 0.1) is 0 Å². The highest BCUT2D eigenvalue weighted by atomic mass is 31.1. The second-order valence-corrected chi connectivity index (χ2v) is 9.42. The van der Waals surface area contributed by atoms with E-state index in [1.54, 1.807) is 0 Å². The predicted molar refractivity (Wildman–Crippen MR) is 55.5 cm³/mol. The maximum atomic E-state index is 5.66. The first-order valence-electron chi connectivity index (χ1n) is 4.53. The van der Waals surface area contributed by atoms with Crippen LogP contribution in [0.3, 0.4) is 0 Å². The minimum absolute atomic E-state index is 1.19. The Morgan fingerprint density at radius 2 is 1.73 bits per heavy atom. The Labute approximate surface area is 72.8 Å². The van der Waals surface area contributed by atoms with Crippen LogP contribution in [0.25, 0.3) is 0 Å². The second kappa shape index (κ2) is 4.59. The highest BCUT2D eigenvalue weighted by Crippen LogP contribution is 2.28. The lowest BCUT2D eigenvalue weighted by Crippen LogP contribution is -2.33. The predicted octanol–water partition coefficient (Wildman–Crippen LogP) is 2.68. The third-order valence-electron chi connectivity index (χ3n) is 2.61. The smallest absolute Gasteiger partial charge is 0.189 e. The molecule has 0 saturated carbocycles. The molecule has 0 atom stereocenters. The van der Waals surface area contributed by atoms with Gasteiger partial charge in [0.15, 0.2) is 8.32 Å². The number of rotatable bonds is 1. The molecule has 1 saturated heterocycles.